The van der Waals surface area contributed by atoms with Crippen LogP contribution in [-0.2, 0) is 0 Å². The number of hydrogen-bond donors (Lipinski definition) is 1. The van der Waals surface area contributed by atoms with Gasteiger partial charge in [0.15, 0.2) is 23.0 Å². The van der Waals surface area contributed by atoms with E-state index in [9.17, 15) is 9.59 Å². The van der Waals surface area contributed by atoms with Crippen molar-refractivity contribution < 1.29 is 28.5 Å². The van der Waals surface area contributed by atoms with E-state index in [1.165, 1.54) is 11.3 Å². The van der Waals surface area contributed by atoms with Gasteiger partial charge >= 0.3 is 0 Å². The Morgan fingerprint density at radius 3 is 2.48 bits per heavy atom. The molecule has 1 aromatic heterocycles. The first-order valence-corrected chi connectivity index (χ1v) is 11.2. The monoisotopic (exact) mass is 466 g/mol. The number of aromatic nitrogens is 2. The second-order valence-electron chi connectivity index (χ2n) is 7.69. The summed E-state index contributed by atoms with van der Waals surface area (Å²) in [4.78, 5) is 27.7. The summed E-state index contributed by atoms with van der Waals surface area (Å²) in [5.74, 6) is 1.93. The molecule has 3 aliphatic heterocycles. The van der Waals surface area contributed by atoms with Gasteiger partial charge in [0.25, 0.3) is 11.8 Å². The predicted molar refractivity (Wildman–Crippen MR) is 116 cm³/mol. The van der Waals surface area contributed by atoms with E-state index in [4.69, 9.17) is 18.9 Å². The van der Waals surface area contributed by atoms with E-state index in [-0.39, 0.29) is 36.4 Å². The van der Waals surface area contributed by atoms with Crippen molar-refractivity contribution in [1.29, 1.82) is 0 Å². The standard InChI is InChI=1S/C22H18N4O6S/c27-19(23-13-4-6-16-18(9-13)32-11-30-16)21-25-24-20(33-21)14-2-1-7-26(14)22(28)12-3-5-15-17(8-12)31-10-29-15/h3-6,8-9,14H,1-2,7,10-11H2,(H,23,27)/t14-/m0/s1. The maximum Gasteiger partial charge on any atom is 0.286 e. The van der Waals surface area contributed by atoms with Crippen molar-refractivity contribution in [3.8, 4) is 23.0 Å². The number of ether oxygens (including phenoxy) is 4. The molecule has 6 rings (SSSR count). The van der Waals surface area contributed by atoms with Gasteiger partial charge in [-0.3, -0.25) is 9.59 Å². The number of nitrogens with zero attached hydrogens (tertiary/aromatic N) is 3. The molecular formula is C22H18N4O6S. The van der Waals surface area contributed by atoms with Gasteiger partial charge in [0, 0.05) is 23.9 Å². The van der Waals surface area contributed by atoms with Crippen molar-refractivity contribution >= 4 is 28.8 Å². The summed E-state index contributed by atoms with van der Waals surface area (Å²) in [5, 5.41) is 12.0. The average Bonchev–Trinajstić information content (AvgIpc) is 3.63. The molecule has 4 heterocycles. The number of carbonyl (C=O) groups is 2. The first-order chi connectivity index (χ1) is 16.2. The Balaban J connectivity index is 1.18. The molecule has 0 unspecified atom stereocenters. The Morgan fingerprint density at radius 2 is 1.67 bits per heavy atom. The zero-order valence-corrected chi connectivity index (χ0v) is 18.1. The number of hydrogen-bond acceptors (Lipinski definition) is 9. The van der Waals surface area contributed by atoms with Crippen molar-refractivity contribution in [3.63, 3.8) is 0 Å². The highest BCUT2D eigenvalue weighted by Crippen LogP contribution is 2.38. The minimum absolute atomic E-state index is 0.114. The van der Waals surface area contributed by atoms with Crippen LogP contribution in [0.25, 0.3) is 0 Å². The lowest BCUT2D eigenvalue weighted by Crippen LogP contribution is -2.30. The SMILES string of the molecule is O=C(Nc1ccc2c(c1)OCO2)c1nnc([C@@H]2CCCN2C(=O)c2ccc3c(c2)OCO3)s1. The molecule has 2 amide bonds. The normalized spacial score (nSPS) is 17.9. The quantitative estimate of drug-likeness (QED) is 0.624. The summed E-state index contributed by atoms with van der Waals surface area (Å²) < 4.78 is 21.3. The highest BCUT2D eigenvalue weighted by atomic mass is 32.1. The van der Waals surface area contributed by atoms with Gasteiger partial charge in [0.05, 0.1) is 6.04 Å². The molecule has 1 fully saturated rings. The fourth-order valence-electron chi connectivity index (χ4n) is 4.08. The fourth-order valence-corrected chi connectivity index (χ4v) is 4.97. The summed E-state index contributed by atoms with van der Waals surface area (Å²) in [6.45, 7) is 0.923. The zero-order chi connectivity index (χ0) is 22.4. The van der Waals surface area contributed by atoms with Crippen LogP contribution < -0.4 is 24.3 Å². The van der Waals surface area contributed by atoms with Crippen LogP contribution in [0.2, 0.25) is 0 Å². The molecule has 3 aromatic rings. The van der Waals surface area contributed by atoms with E-state index in [0.717, 1.165) is 12.8 Å². The largest absolute Gasteiger partial charge is 0.454 e. The lowest BCUT2D eigenvalue weighted by molar-refractivity contribution is 0.0734. The minimum Gasteiger partial charge on any atom is -0.454 e. The lowest BCUT2D eigenvalue weighted by atomic mass is 10.1. The van der Waals surface area contributed by atoms with E-state index in [2.05, 4.69) is 15.5 Å². The van der Waals surface area contributed by atoms with Crippen molar-refractivity contribution in [2.24, 2.45) is 0 Å². The van der Waals surface area contributed by atoms with Crippen LogP contribution in [0.1, 0.15) is 44.1 Å². The molecule has 1 atom stereocenters. The smallest absolute Gasteiger partial charge is 0.286 e. The summed E-state index contributed by atoms with van der Waals surface area (Å²) in [7, 11) is 0. The minimum atomic E-state index is -0.371. The first-order valence-electron chi connectivity index (χ1n) is 10.4. The molecule has 1 saturated heterocycles. The van der Waals surface area contributed by atoms with Crippen LogP contribution in [-0.4, -0.2) is 47.0 Å². The number of fused-ring (bicyclic) bond motifs is 2. The van der Waals surface area contributed by atoms with Gasteiger partial charge in [0.2, 0.25) is 18.6 Å². The molecule has 0 aliphatic carbocycles. The van der Waals surface area contributed by atoms with Gasteiger partial charge in [-0.1, -0.05) is 11.3 Å². The highest BCUT2D eigenvalue weighted by Gasteiger charge is 2.34. The molecular weight excluding hydrogens is 448 g/mol. The topological polar surface area (TPSA) is 112 Å². The number of nitrogens with one attached hydrogen (secondary N) is 1. The maximum absolute atomic E-state index is 13.2. The van der Waals surface area contributed by atoms with Gasteiger partial charge < -0.3 is 29.2 Å². The van der Waals surface area contributed by atoms with Gasteiger partial charge in [-0.05, 0) is 43.2 Å². The third-order valence-electron chi connectivity index (χ3n) is 5.68. The molecule has 168 valence electrons. The summed E-state index contributed by atoms with van der Waals surface area (Å²) >= 11 is 1.19. The molecule has 3 aliphatic rings. The van der Waals surface area contributed by atoms with E-state index in [1.54, 1.807) is 41.3 Å². The molecule has 10 nitrogen and oxygen atoms in total. The molecule has 0 bridgehead atoms. The predicted octanol–water partition coefficient (Wildman–Crippen LogP) is 3.23. The van der Waals surface area contributed by atoms with Gasteiger partial charge in [0.1, 0.15) is 5.01 Å². The van der Waals surface area contributed by atoms with E-state index in [1.807, 2.05) is 0 Å². The van der Waals surface area contributed by atoms with E-state index in [0.29, 0.717) is 45.8 Å². The second-order valence-corrected chi connectivity index (χ2v) is 8.70. The number of benzene rings is 2. The van der Waals surface area contributed by atoms with Crippen LogP contribution in [0.15, 0.2) is 36.4 Å². The van der Waals surface area contributed by atoms with Crippen LogP contribution in [0.5, 0.6) is 23.0 Å². The Hall–Kier alpha value is -3.86. The molecule has 2 aromatic carbocycles. The van der Waals surface area contributed by atoms with Crippen molar-refractivity contribution in [2.45, 2.75) is 18.9 Å². The van der Waals surface area contributed by atoms with Gasteiger partial charge in [-0.15, -0.1) is 10.2 Å². The maximum atomic E-state index is 13.2. The Morgan fingerprint density at radius 1 is 0.939 bits per heavy atom. The van der Waals surface area contributed by atoms with Crippen LogP contribution in [0.3, 0.4) is 0 Å². The van der Waals surface area contributed by atoms with Crippen molar-refractivity contribution in [2.75, 3.05) is 25.4 Å². The zero-order valence-electron chi connectivity index (χ0n) is 17.3. The van der Waals surface area contributed by atoms with Gasteiger partial charge in [-0.2, -0.15) is 0 Å². The van der Waals surface area contributed by atoms with E-state index < -0.39 is 0 Å². The Kier molecular flexibility index (Phi) is 4.75. The molecule has 1 N–H and O–H groups in total. The summed E-state index contributed by atoms with van der Waals surface area (Å²) in [6.07, 6.45) is 1.61. The number of amides is 2. The fraction of sp³-hybridized carbons (Fsp3) is 0.273. The van der Waals surface area contributed by atoms with Crippen molar-refractivity contribution in [1.82, 2.24) is 15.1 Å². The number of carbonyl (C=O) groups excluding carboxylic acids is 2. The Bertz CT molecular complexity index is 1260. The molecule has 0 radical (unpaired) electrons. The van der Waals surface area contributed by atoms with Gasteiger partial charge in [-0.25, -0.2) is 0 Å². The lowest BCUT2D eigenvalue weighted by Gasteiger charge is -2.22. The Labute approximate surface area is 192 Å². The third kappa shape index (κ3) is 3.59. The first kappa shape index (κ1) is 19.8. The van der Waals surface area contributed by atoms with E-state index >= 15 is 0 Å². The van der Waals surface area contributed by atoms with Crippen LogP contribution in [0.4, 0.5) is 5.69 Å². The van der Waals surface area contributed by atoms with Crippen LogP contribution >= 0.6 is 11.3 Å². The molecule has 33 heavy (non-hydrogen) atoms. The summed E-state index contributed by atoms with van der Waals surface area (Å²) in [6, 6.07) is 10.1. The van der Waals surface area contributed by atoms with Crippen molar-refractivity contribution in [3.05, 3.63) is 52.0 Å². The molecule has 0 saturated carbocycles. The average molecular weight is 466 g/mol. The second kappa shape index (κ2) is 7.93. The third-order valence-corrected chi connectivity index (χ3v) is 6.71. The highest BCUT2D eigenvalue weighted by molar-refractivity contribution is 7.13. The number of anilines is 1. The molecule has 0 spiro atoms. The van der Waals surface area contributed by atoms with Crippen LogP contribution in [0, 0.1) is 0 Å². The summed E-state index contributed by atoms with van der Waals surface area (Å²) in [5.41, 5.74) is 1.10. The molecule has 11 heteroatoms. The number of likely N-dealkylation sites (tertiary alicyclic amines) is 1. The number of rotatable bonds is 4.